The van der Waals surface area contributed by atoms with Crippen LogP contribution in [0.4, 0.5) is 5.69 Å². The first kappa shape index (κ1) is 17.0. The van der Waals surface area contributed by atoms with Crippen LogP contribution in [-0.4, -0.2) is 34.7 Å². The molecule has 1 aromatic carbocycles. The summed E-state index contributed by atoms with van der Waals surface area (Å²) in [6.45, 7) is 3.19. The van der Waals surface area contributed by atoms with E-state index < -0.39 is 17.4 Å². The van der Waals surface area contributed by atoms with Gasteiger partial charge in [0, 0.05) is 11.7 Å². The molecule has 0 heterocycles. The molecule has 0 aliphatic heterocycles. The van der Waals surface area contributed by atoms with Gasteiger partial charge >= 0.3 is 11.9 Å². The largest absolute Gasteiger partial charge is 0.481 e. The maximum Gasteiger partial charge on any atom is 0.322 e. The maximum absolute atomic E-state index is 11.1. The Bertz CT molecular complexity index is 497. The highest BCUT2D eigenvalue weighted by atomic mass is 16.4. The third-order valence-corrected chi connectivity index (χ3v) is 3.25. The molecule has 0 amide bonds. The van der Waals surface area contributed by atoms with E-state index in [4.69, 9.17) is 15.9 Å². The highest BCUT2D eigenvalue weighted by Gasteiger charge is 2.29. The van der Waals surface area contributed by atoms with Crippen LogP contribution in [0, 0.1) is 5.41 Å². The first-order valence-electron chi connectivity index (χ1n) is 6.74. The van der Waals surface area contributed by atoms with Gasteiger partial charge in [-0.05, 0) is 44.4 Å². The van der Waals surface area contributed by atoms with E-state index in [0.717, 1.165) is 11.3 Å². The molecule has 0 fully saturated rings. The fraction of sp³-hybridized carbons (Fsp3) is 0.467. The first-order valence-corrected chi connectivity index (χ1v) is 6.74. The van der Waals surface area contributed by atoms with Crippen molar-refractivity contribution in [3.8, 4) is 0 Å². The van der Waals surface area contributed by atoms with E-state index >= 15 is 0 Å². The molecule has 0 aliphatic rings. The van der Waals surface area contributed by atoms with Crippen LogP contribution in [0.3, 0.4) is 0 Å². The van der Waals surface area contributed by atoms with Gasteiger partial charge in [-0.25, -0.2) is 0 Å². The van der Waals surface area contributed by atoms with E-state index in [1.54, 1.807) is 26.0 Å². The van der Waals surface area contributed by atoms with Crippen molar-refractivity contribution in [2.75, 3.05) is 11.9 Å². The average Bonchev–Trinajstić information content (AvgIpc) is 2.36. The van der Waals surface area contributed by atoms with Gasteiger partial charge in [0.1, 0.15) is 6.54 Å². The molecular formula is C15H22N2O4. The summed E-state index contributed by atoms with van der Waals surface area (Å²) in [6, 6.07) is 7.05. The molecule has 1 rings (SSSR count). The monoisotopic (exact) mass is 294 g/mol. The summed E-state index contributed by atoms with van der Waals surface area (Å²) in [6.07, 6.45) is 0.970. The van der Waals surface area contributed by atoms with Crippen LogP contribution in [0.15, 0.2) is 24.3 Å². The van der Waals surface area contributed by atoms with Crippen molar-refractivity contribution in [2.45, 2.75) is 32.7 Å². The molecule has 0 saturated carbocycles. The van der Waals surface area contributed by atoms with Gasteiger partial charge in [0.2, 0.25) is 0 Å². The molecular weight excluding hydrogens is 272 g/mol. The molecule has 0 unspecified atom stereocenters. The number of hydrogen-bond donors (Lipinski definition) is 4. The number of anilines is 1. The summed E-state index contributed by atoms with van der Waals surface area (Å²) in [5.41, 5.74) is 6.88. The summed E-state index contributed by atoms with van der Waals surface area (Å²) in [4.78, 5) is 21.5. The highest BCUT2D eigenvalue weighted by Crippen LogP contribution is 2.23. The van der Waals surface area contributed by atoms with Crippen LogP contribution in [0.25, 0.3) is 0 Å². The normalized spacial score (nSPS) is 12.7. The van der Waals surface area contributed by atoms with Gasteiger partial charge in [0.25, 0.3) is 0 Å². The second kappa shape index (κ2) is 7.08. The number of nitrogens with two attached hydrogens (primary N) is 1. The predicted molar refractivity (Wildman–Crippen MR) is 80.3 cm³/mol. The summed E-state index contributed by atoms with van der Waals surface area (Å²) >= 11 is 0. The lowest BCUT2D eigenvalue weighted by Gasteiger charge is -2.23. The van der Waals surface area contributed by atoms with Crippen molar-refractivity contribution in [1.82, 2.24) is 0 Å². The lowest BCUT2D eigenvalue weighted by atomic mass is 9.84. The molecule has 0 bridgehead atoms. The molecule has 0 aliphatic carbocycles. The van der Waals surface area contributed by atoms with Crippen LogP contribution < -0.4 is 11.1 Å². The molecule has 116 valence electrons. The van der Waals surface area contributed by atoms with Gasteiger partial charge in [0.05, 0.1) is 5.41 Å². The van der Waals surface area contributed by atoms with Gasteiger partial charge in [-0.2, -0.15) is 0 Å². The van der Waals surface area contributed by atoms with E-state index in [1.165, 1.54) is 0 Å². The van der Waals surface area contributed by atoms with Gasteiger partial charge in [-0.3, -0.25) is 9.59 Å². The number of carboxylic acids is 2. The Labute approximate surface area is 124 Å². The third kappa shape index (κ3) is 5.83. The molecule has 21 heavy (non-hydrogen) atoms. The molecule has 0 saturated heterocycles. The zero-order valence-electron chi connectivity index (χ0n) is 12.3. The van der Waals surface area contributed by atoms with E-state index in [2.05, 4.69) is 5.32 Å². The first-order chi connectivity index (χ1) is 9.70. The van der Waals surface area contributed by atoms with Gasteiger partial charge < -0.3 is 21.3 Å². The molecule has 0 aromatic heterocycles. The SMILES string of the molecule is CC(C)(C[C@@H](N)Cc1ccc(NCC(=O)O)cc1)C(=O)O. The van der Waals surface area contributed by atoms with Crippen molar-refractivity contribution >= 4 is 17.6 Å². The van der Waals surface area contributed by atoms with Crippen LogP contribution in [0.2, 0.25) is 0 Å². The summed E-state index contributed by atoms with van der Waals surface area (Å²) in [5.74, 6) is -1.77. The number of benzene rings is 1. The second-order valence-electron chi connectivity index (χ2n) is 5.80. The minimum absolute atomic E-state index is 0.133. The van der Waals surface area contributed by atoms with E-state index in [-0.39, 0.29) is 12.6 Å². The predicted octanol–water partition coefficient (Wildman–Crippen LogP) is 1.55. The number of carboxylic acid groups (broad SMARTS) is 2. The molecule has 1 atom stereocenters. The minimum atomic E-state index is -0.919. The molecule has 5 N–H and O–H groups in total. The molecule has 0 spiro atoms. The lowest BCUT2D eigenvalue weighted by molar-refractivity contribution is -0.147. The van der Waals surface area contributed by atoms with E-state index in [1.807, 2.05) is 12.1 Å². The average molecular weight is 294 g/mol. The maximum atomic E-state index is 11.1. The Kier molecular flexibility index (Phi) is 5.72. The number of aliphatic carboxylic acids is 2. The Morgan fingerprint density at radius 3 is 2.29 bits per heavy atom. The van der Waals surface area contributed by atoms with Crippen molar-refractivity contribution in [3.63, 3.8) is 0 Å². The summed E-state index contributed by atoms with van der Waals surface area (Å²) in [5, 5.41) is 20.4. The van der Waals surface area contributed by atoms with Crippen molar-refractivity contribution in [2.24, 2.45) is 11.1 Å². The van der Waals surface area contributed by atoms with Gasteiger partial charge in [-0.1, -0.05) is 12.1 Å². The summed E-state index contributed by atoms with van der Waals surface area (Å²) in [7, 11) is 0. The zero-order chi connectivity index (χ0) is 16.0. The Morgan fingerprint density at radius 2 is 1.81 bits per heavy atom. The fourth-order valence-corrected chi connectivity index (χ4v) is 2.05. The number of carbonyl (C=O) groups is 2. The number of rotatable bonds is 8. The highest BCUT2D eigenvalue weighted by molar-refractivity contribution is 5.73. The van der Waals surface area contributed by atoms with Crippen LogP contribution in [0.5, 0.6) is 0 Å². The molecule has 6 heteroatoms. The van der Waals surface area contributed by atoms with E-state index in [0.29, 0.717) is 12.8 Å². The minimum Gasteiger partial charge on any atom is -0.481 e. The van der Waals surface area contributed by atoms with Crippen molar-refractivity contribution in [1.29, 1.82) is 0 Å². The second-order valence-corrected chi connectivity index (χ2v) is 5.80. The Hall–Kier alpha value is -2.08. The Morgan fingerprint density at radius 1 is 1.24 bits per heavy atom. The number of hydrogen-bond acceptors (Lipinski definition) is 4. The fourth-order valence-electron chi connectivity index (χ4n) is 2.05. The standard InChI is InChI=1S/C15H22N2O4/c1-15(2,14(20)21)8-11(16)7-10-3-5-12(6-4-10)17-9-13(18)19/h3-6,11,17H,7-9,16H2,1-2H3,(H,18,19)(H,20,21)/t11-/m0/s1. The quantitative estimate of drug-likeness (QED) is 0.578. The van der Waals surface area contributed by atoms with Crippen molar-refractivity contribution in [3.05, 3.63) is 29.8 Å². The Balaban J connectivity index is 2.55. The third-order valence-electron chi connectivity index (χ3n) is 3.25. The molecule has 6 nitrogen and oxygen atoms in total. The van der Waals surface area contributed by atoms with Gasteiger partial charge in [-0.15, -0.1) is 0 Å². The van der Waals surface area contributed by atoms with Gasteiger partial charge in [0.15, 0.2) is 0 Å². The lowest BCUT2D eigenvalue weighted by Crippen LogP contribution is -2.34. The zero-order valence-corrected chi connectivity index (χ0v) is 12.3. The molecule has 0 radical (unpaired) electrons. The van der Waals surface area contributed by atoms with Crippen LogP contribution in [0.1, 0.15) is 25.8 Å². The smallest absolute Gasteiger partial charge is 0.322 e. The van der Waals surface area contributed by atoms with Crippen LogP contribution in [-0.2, 0) is 16.0 Å². The summed E-state index contributed by atoms with van der Waals surface area (Å²) < 4.78 is 0. The molecule has 1 aromatic rings. The van der Waals surface area contributed by atoms with Crippen molar-refractivity contribution < 1.29 is 19.8 Å². The topological polar surface area (TPSA) is 113 Å². The van der Waals surface area contributed by atoms with Crippen LogP contribution >= 0.6 is 0 Å². The van der Waals surface area contributed by atoms with E-state index in [9.17, 15) is 9.59 Å². The number of nitrogens with one attached hydrogen (secondary N) is 1.